The van der Waals surface area contributed by atoms with E-state index in [0.717, 1.165) is 13.0 Å². The largest absolute Gasteiger partial charge is 0.387 e. The average Bonchev–Trinajstić information content (AvgIpc) is 1.89. The lowest BCUT2D eigenvalue weighted by Crippen LogP contribution is -2.41. The van der Waals surface area contributed by atoms with Crippen molar-refractivity contribution in [2.24, 2.45) is 0 Å². The summed E-state index contributed by atoms with van der Waals surface area (Å²) in [6.45, 7) is 2.97. The normalized spacial score (nSPS) is 34.9. The lowest BCUT2D eigenvalue weighted by molar-refractivity contribution is 0.165. The summed E-state index contributed by atoms with van der Waals surface area (Å²) in [4.78, 5) is 0. The van der Waals surface area contributed by atoms with Crippen molar-refractivity contribution in [3.63, 3.8) is 0 Å². The highest BCUT2D eigenvalue weighted by Gasteiger charge is 2.15. The van der Waals surface area contributed by atoms with E-state index in [2.05, 4.69) is 12.2 Å². The summed E-state index contributed by atoms with van der Waals surface area (Å²) in [5, 5.41) is 12.4. The lowest BCUT2D eigenvalue weighted by atomic mass is 10.1. The first kappa shape index (κ1) is 6.78. The van der Waals surface area contributed by atoms with Gasteiger partial charge in [0.25, 0.3) is 0 Å². The Labute approximate surface area is 55.6 Å². The summed E-state index contributed by atoms with van der Waals surface area (Å²) in [5.41, 5.74) is 0. The van der Waals surface area contributed by atoms with Crippen LogP contribution >= 0.6 is 0 Å². The Kier molecular flexibility index (Phi) is 2.25. The molecule has 0 saturated heterocycles. The van der Waals surface area contributed by atoms with Crippen LogP contribution in [0.5, 0.6) is 0 Å². The topological polar surface area (TPSA) is 32.3 Å². The summed E-state index contributed by atoms with van der Waals surface area (Å²) >= 11 is 0. The van der Waals surface area contributed by atoms with Crippen LogP contribution in [0.25, 0.3) is 0 Å². The van der Waals surface area contributed by atoms with Crippen molar-refractivity contribution in [2.45, 2.75) is 25.5 Å². The zero-order chi connectivity index (χ0) is 6.69. The fourth-order valence-corrected chi connectivity index (χ4v) is 1.07. The van der Waals surface area contributed by atoms with E-state index in [1.54, 1.807) is 0 Å². The van der Waals surface area contributed by atoms with E-state index in [-0.39, 0.29) is 12.1 Å². The van der Waals surface area contributed by atoms with Crippen molar-refractivity contribution in [2.75, 3.05) is 6.54 Å². The van der Waals surface area contributed by atoms with Crippen molar-refractivity contribution in [3.05, 3.63) is 12.2 Å². The molecule has 0 bridgehead atoms. The molecular formula is C7H13NO. The van der Waals surface area contributed by atoms with Crippen LogP contribution in [0.15, 0.2) is 12.2 Å². The third-order valence-electron chi connectivity index (χ3n) is 1.68. The molecule has 1 aliphatic heterocycles. The van der Waals surface area contributed by atoms with Gasteiger partial charge in [0, 0.05) is 12.6 Å². The van der Waals surface area contributed by atoms with Crippen molar-refractivity contribution < 1.29 is 5.11 Å². The maximum absolute atomic E-state index is 9.22. The standard InChI is InChI=1S/C7H13NO/c1-2-6-7(9)4-3-5-8-6/h3-4,6-9H,2,5H2,1H3. The highest BCUT2D eigenvalue weighted by molar-refractivity contribution is 5.00. The van der Waals surface area contributed by atoms with Crippen molar-refractivity contribution in [1.82, 2.24) is 5.32 Å². The number of hydrogen-bond acceptors (Lipinski definition) is 2. The molecule has 0 aromatic carbocycles. The molecule has 0 saturated carbocycles. The summed E-state index contributed by atoms with van der Waals surface area (Å²) < 4.78 is 0. The molecule has 1 rings (SSSR count). The van der Waals surface area contributed by atoms with Gasteiger partial charge in [-0.3, -0.25) is 0 Å². The van der Waals surface area contributed by atoms with Crippen LogP contribution < -0.4 is 5.32 Å². The molecule has 1 aliphatic rings. The molecule has 0 spiro atoms. The molecule has 9 heavy (non-hydrogen) atoms. The van der Waals surface area contributed by atoms with E-state index in [4.69, 9.17) is 0 Å². The predicted molar refractivity (Wildman–Crippen MR) is 37.2 cm³/mol. The maximum atomic E-state index is 9.22. The van der Waals surface area contributed by atoms with E-state index in [1.807, 2.05) is 12.2 Å². The molecule has 2 nitrogen and oxygen atoms in total. The molecule has 2 unspecified atom stereocenters. The van der Waals surface area contributed by atoms with Gasteiger partial charge in [0.1, 0.15) is 0 Å². The third-order valence-corrected chi connectivity index (χ3v) is 1.68. The minimum atomic E-state index is -0.274. The first-order valence-electron chi connectivity index (χ1n) is 3.42. The van der Waals surface area contributed by atoms with Crippen LogP contribution in [0.2, 0.25) is 0 Å². The second kappa shape index (κ2) is 2.99. The molecule has 0 aromatic heterocycles. The number of hydrogen-bond donors (Lipinski definition) is 2. The SMILES string of the molecule is CCC1NCC=CC1O. The molecule has 2 heteroatoms. The van der Waals surface area contributed by atoms with E-state index in [1.165, 1.54) is 0 Å². The zero-order valence-electron chi connectivity index (χ0n) is 5.67. The number of nitrogens with one attached hydrogen (secondary N) is 1. The van der Waals surface area contributed by atoms with Gasteiger partial charge in [-0.25, -0.2) is 0 Å². The molecule has 0 amide bonds. The molecular weight excluding hydrogens is 114 g/mol. The van der Waals surface area contributed by atoms with Crippen molar-refractivity contribution in [3.8, 4) is 0 Å². The summed E-state index contributed by atoms with van der Waals surface area (Å²) in [7, 11) is 0. The Hall–Kier alpha value is -0.340. The Bertz CT molecular complexity index is 111. The second-order valence-corrected chi connectivity index (χ2v) is 2.34. The van der Waals surface area contributed by atoms with Gasteiger partial charge >= 0.3 is 0 Å². The fraction of sp³-hybridized carbons (Fsp3) is 0.714. The highest BCUT2D eigenvalue weighted by atomic mass is 16.3. The first-order chi connectivity index (χ1) is 4.34. The van der Waals surface area contributed by atoms with E-state index >= 15 is 0 Å². The minimum absolute atomic E-state index is 0.273. The van der Waals surface area contributed by atoms with Gasteiger partial charge in [-0.1, -0.05) is 19.1 Å². The molecule has 0 radical (unpaired) electrons. The molecule has 52 valence electrons. The third kappa shape index (κ3) is 1.53. The Morgan fingerprint density at radius 1 is 1.78 bits per heavy atom. The molecule has 1 heterocycles. The van der Waals surface area contributed by atoms with Crippen LogP contribution in [-0.4, -0.2) is 23.8 Å². The number of rotatable bonds is 1. The molecule has 0 fully saturated rings. The van der Waals surface area contributed by atoms with Gasteiger partial charge < -0.3 is 10.4 Å². The van der Waals surface area contributed by atoms with Crippen LogP contribution in [0.1, 0.15) is 13.3 Å². The Balaban J connectivity index is 2.44. The van der Waals surface area contributed by atoms with Gasteiger partial charge in [-0.05, 0) is 6.42 Å². The van der Waals surface area contributed by atoms with Gasteiger partial charge in [-0.15, -0.1) is 0 Å². The predicted octanol–water partition coefficient (Wildman–Crippen LogP) is 0.285. The van der Waals surface area contributed by atoms with E-state index < -0.39 is 0 Å². The molecule has 2 N–H and O–H groups in total. The lowest BCUT2D eigenvalue weighted by Gasteiger charge is -2.23. The van der Waals surface area contributed by atoms with Gasteiger partial charge in [0.2, 0.25) is 0 Å². The fourth-order valence-electron chi connectivity index (χ4n) is 1.07. The summed E-state index contributed by atoms with van der Waals surface area (Å²) in [5.74, 6) is 0. The highest BCUT2D eigenvalue weighted by Crippen LogP contribution is 2.03. The van der Waals surface area contributed by atoms with Gasteiger partial charge in [0.05, 0.1) is 6.10 Å². The molecule has 0 aromatic rings. The number of aliphatic hydroxyl groups excluding tert-OH is 1. The quantitative estimate of drug-likeness (QED) is 0.496. The Morgan fingerprint density at radius 3 is 3.00 bits per heavy atom. The van der Waals surface area contributed by atoms with Gasteiger partial charge in [0.15, 0.2) is 0 Å². The van der Waals surface area contributed by atoms with Crippen molar-refractivity contribution in [1.29, 1.82) is 0 Å². The molecule has 0 aliphatic carbocycles. The van der Waals surface area contributed by atoms with Crippen LogP contribution in [0.3, 0.4) is 0 Å². The summed E-state index contributed by atoms with van der Waals surface area (Å²) in [6, 6.07) is 0.273. The first-order valence-corrected chi connectivity index (χ1v) is 3.42. The number of aliphatic hydroxyl groups is 1. The maximum Gasteiger partial charge on any atom is 0.0874 e. The minimum Gasteiger partial charge on any atom is -0.387 e. The average molecular weight is 127 g/mol. The zero-order valence-corrected chi connectivity index (χ0v) is 5.67. The van der Waals surface area contributed by atoms with E-state index in [0.29, 0.717) is 0 Å². The van der Waals surface area contributed by atoms with Gasteiger partial charge in [-0.2, -0.15) is 0 Å². The van der Waals surface area contributed by atoms with Crippen molar-refractivity contribution >= 4 is 0 Å². The van der Waals surface area contributed by atoms with Crippen LogP contribution in [-0.2, 0) is 0 Å². The summed E-state index contributed by atoms with van der Waals surface area (Å²) in [6.07, 6.45) is 4.52. The molecule has 2 atom stereocenters. The van der Waals surface area contributed by atoms with E-state index in [9.17, 15) is 5.11 Å². The smallest absolute Gasteiger partial charge is 0.0874 e. The monoisotopic (exact) mass is 127 g/mol. The Morgan fingerprint density at radius 2 is 2.56 bits per heavy atom. The second-order valence-electron chi connectivity index (χ2n) is 2.34. The van der Waals surface area contributed by atoms with Crippen LogP contribution in [0, 0.1) is 0 Å². The van der Waals surface area contributed by atoms with Crippen LogP contribution in [0.4, 0.5) is 0 Å².